The maximum atomic E-state index is 12.9. The Labute approximate surface area is 143 Å². The minimum absolute atomic E-state index is 0.205. The van der Waals surface area contributed by atoms with E-state index in [0.29, 0.717) is 22.1 Å². The predicted octanol–water partition coefficient (Wildman–Crippen LogP) is 3.14. The van der Waals surface area contributed by atoms with Crippen LogP contribution in [0.4, 0.5) is 0 Å². The summed E-state index contributed by atoms with van der Waals surface area (Å²) in [5, 5.41) is 7.52. The van der Waals surface area contributed by atoms with Gasteiger partial charge in [0.25, 0.3) is 0 Å². The molecular weight excluding hydrogens is 350 g/mol. The van der Waals surface area contributed by atoms with E-state index in [-0.39, 0.29) is 11.4 Å². The molecule has 0 saturated heterocycles. The fourth-order valence-corrected chi connectivity index (χ4v) is 5.04. The third-order valence-electron chi connectivity index (χ3n) is 3.80. The van der Waals surface area contributed by atoms with Crippen LogP contribution in [0.25, 0.3) is 10.6 Å². The molecule has 24 heavy (non-hydrogen) atoms. The van der Waals surface area contributed by atoms with Gasteiger partial charge in [-0.1, -0.05) is 10.3 Å². The largest absolute Gasteiger partial charge is 0.361 e. The maximum Gasteiger partial charge on any atom is 0.244 e. The Balaban J connectivity index is 1.93. The molecule has 9 heteroatoms. The van der Waals surface area contributed by atoms with Gasteiger partial charge in [0.1, 0.15) is 5.76 Å². The molecule has 3 rings (SSSR count). The summed E-state index contributed by atoms with van der Waals surface area (Å²) in [6.07, 6.45) is 1.53. The first-order chi connectivity index (χ1) is 11.3. The average molecular weight is 367 g/mol. The number of rotatable bonds is 5. The van der Waals surface area contributed by atoms with E-state index in [1.54, 1.807) is 40.0 Å². The van der Waals surface area contributed by atoms with Crippen molar-refractivity contribution in [1.29, 1.82) is 0 Å². The second-order valence-corrected chi connectivity index (χ2v) is 8.74. The van der Waals surface area contributed by atoms with Crippen LogP contribution in [0.1, 0.15) is 21.9 Å². The quantitative estimate of drug-likeness (QED) is 0.688. The number of sulfonamides is 1. The van der Waals surface area contributed by atoms with Crippen molar-refractivity contribution < 1.29 is 17.5 Å². The summed E-state index contributed by atoms with van der Waals surface area (Å²) < 4.78 is 37.4. The van der Waals surface area contributed by atoms with Crippen molar-refractivity contribution in [3.05, 3.63) is 40.2 Å². The Morgan fingerprint density at radius 1 is 1.25 bits per heavy atom. The van der Waals surface area contributed by atoms with Crippen LogP contribution in [0.15, 0.2) is 32.3 Å². The SMILES string of the molecule is Cc1noc(C)c1CN(C)S(=O)(=O)c1cc(-c2ccno2)sc1C. The fraction of sp³-hybridized carbons (Fsp3) is 0.333. The molecule has 0 aliphatic rings. The molecule has 0 atom stereocenters. The average Bonchev–Trinajstić information content (AvgIpc) is 3.23. The van der Waals surface area contributed by atoms with Gasteiger partial charge in [-0.05, 0) is 26.8 Å². The Kier molecular flexibility index (Phi) is 4.33. The summed E-state index contributed by atoms with van der Waals surface area (Å²) >= 11 is 1.36. The molecule has 3 heterocycles. The van der Waals surface area contributed by atoms with Gasteiger partial charge >= 0.3 is 0 Å². The zero-order valence-corrected chi connectivity index (χ0v) is 15.4. The van der Waals surface area contributed by atoms with Crippen LogP contribution in [0.3, 0.4) is 0 Å². The molecule has 0 amide bonds. The summed E-state index contributed by atoms with van der Waals surface area (Å²) in [5.74, 6) is 1.18. The molecular formula is C15H17N3O4S2. The zero-order valence-electron chi connectivity index (χ0n) is 13.7. The Bertz CT molecular complexity index is 936. The monoisotopic (exact) mass is 367 g/mol. The van der Waals surface area contributed by atoms with Gasteiger partial charge in [0.15, 0.2) is 5.76 Å². The van der Waals surface area contributed by atoms with Gasteiger partial charge in [-0.3, -0.25) is 0 Å². The Hall–Kier alpha value is -1.97. The van der Waals surface area contributed by atoms with E-state index < -0.39 is 10.0 Å². The minimum Gasteiger partial charge on any atom is -0.361 e. The second-order valence-electron chi connectivity index (χ2n) is 5.47. The van der Waals surface area contributed by atoms with E-state index in [1.807, 2.05) is 0 Å². The minimum atomic E-state index is -3.64. The lowest BCUT2D eigenvalue weighted by atomic mass is 10.2. The number of thiophene rings is 1. The van der Waals surface area contributed by atoms with Gasteiger partial charge in [-0.2, -0.15) is 4.31 Å². The maximum absolute atomic E-state index is 12.9. The number of hydrogen-bond acceptors (Lipinski definition) is 7. The normalized spacial score (nSPS) is 12.2. The summed E-state index contributed by atoms with van der Waals surface area (Å²) in [4.78, 5) is 1.70. The van der Waals surface area contributed by atoms with Gasteiger partial charge in [-0.15, -0.1) is 11.3 Å². The van der Waals surface area contributed by atoms with E-state index in [2.05, 4.69) is 10.3 Å². The van der Waals surface area contributed by atoms with Gasteiger partial charge < -0.3 is 9.05 Å². The molecule has 0 unspecified atom stereocenters. The summed E-state index contributed by atoms with van der Waals surface area (Å²) in [6.45, 7) is 5.55. The third kappa shape index (κ3) is 2.90. The molecule has 0 radical (unpaired) electrons. The lowest BCUT2D eigenvalue weighted by Gasteiger charge is -2.16. The highest BCUT2D eigenvalue weighted by Crippen LogP contribution is 2.34. The first-order valence-corrected chi connectivity index (χ1v) is 9.46. The van der Waals surface area contributed by atoms with Crippen molar-refractivity contribution >= 4 is 21.4 Å². The van der Waals surface area contributed by atoms with E-state index >= 15 is 0 Å². The molecule has 0 aliphatic heterocycles. The van der Waals surface area contributed by atoms with Crippen molar-refractivity contribution in [3.63, 3.8) is 0 Å². The lowest BCUT2D eigenvalue weighted by molar-refractivity contribution is 0.390. The zero-order chi connectivity index (χ0) is 17.5. The lowest BCUT2D eigenvalue weighted by Crippen LogP contribution is -2.27. The van der Waals surface area contributed by atoms with E-state index in [0.717, 1.165) is 10.4 Å². The van der Waals surface area contributed by atoms with Gasteiger partial charge in [0.2, 0.25) is 10.0 Å². The van der Waals surface area contributed by atoms with Crippen molar-refractivity contribution in [2.24, 2.45) is 0 Å². The van der Waals surface area contributed by atoms with Crippen LogP contribution in [0.5, 0.6) is 0 Å². The van der Waals surface area contributed by atoms with Gasteiger partial charge in [-0.25, -0.2) is 8.42 Å². The molecule has 0 bridgehead atoms. The summed E-state index contributed by atoms with van der Waals surface area (Å²) in [5.41, 5.74) is 1.48. The van der Waals surface area contributed by atoms with Crippen molar-refractivity contribution in [2.45, 2.75) is 32.2 Å². The molecule has 3 aromatic heterocycles. The molecule has 128 valence electrons. The molecule has 0 N–H and O–H groups in total. The van der Waals surface area contributed by atoms with Crippen LogP contribution in [0, 0.1) is 20.8 Å². The van der Waals surface area contributed by atoms with Crippen LogP contribution >= 0.6 is 11.3 Å². The van der Waals surface area contributed by atoms with Crippen LogP contribution in [-0.2, 0) is 16.6 Å². The van der Waals surface area contributed by atoms with E-state index in [1.165, 1.54) is 21.8 Å². The molecule has 0 spiro atoms. The van der Waals surface area contributed by atoms with Crippen molar-refractivity contribution in [2.75, 3.05) is 7.05 Å². The standard InChI is InChI=1S/C15H17N3O4S2/c1-9-12(10(2)21-17-9)8-18(4)24(19,20)15-7-14(23-11(15)3)13-5-6-16-22-13/h5-7H,8H2,1-4H3. The van der Waals surface area contributed by atoms with Gasteiger partial charge in [0, 0.05) is 30.1 Å². The first-order valence-electron chi connectivity index (χ1n) is 7.20. The predicted molar refractivity (Wildman–Crippen MR) is 89.2 cm³/mol. The highest BCUT2D eigenvalue weighted by Gasteiger charge is 2.27. The summed E-state index contributed by atoms with van der Waals surface area (Å²) in [6, 6.07) is 3.33. The second kappa shape index (κ2) is 6.15. The molecule has 3 aromatic rings. The molecule has 0 aliphatic carbocycles. The van der Waals surface area contributed by atoms with Crippen molar-refractivity contribution in [3.8, 4) is 10.6 Å². The van der Waals surface area contributed by atoms with Crippen LogP contribution in [0.2, 0.25) is 0 Å². The molecule has 7 nitrogen and oxygen atoms in total. The number of aryl methyl sites for hydroxylation is 3. The fourth-order valence-electron chi connectivity index (χ4n) is 2.39. The Morgan fingerprint density at radius 3 is 2.58 bits per heavy atom. The Morgan fingerprint density at radius 2 is 2.00 bits per heavy atom. The number of nitrogens with zero attached hydrogens (tertiary/aromatic N) is 3. The van der Waals surface area contributed by atoms with E-state index in [9.17, 15) is 8.42 Å². The van der Waals surface area contributed by atoms with Crippen LogP contribution < -0.4 is 0 Å². The molecule has 0 saturated carbocycles. The smallest absolute Gasteiger partial charge is 0.244 e. The molecule has 0 aromatic carbocycles. The highest BCUT2D eigenvalue weighted by atomic mass is 32.2. The highest BCUT2D eigenvalue weighted by molar-refractivity contribution is 7.89. The topological polar surface area (TPSA) is 89.4 Å². The molecule has 0 fully saturated rings. The summed E-state index contributed by atoms with van der Waals surface area (Å²) in [7, 11) is -2.09. The van der Waals surface area contributed by atoms with Crippen LogP contribution in [-0.4, -0.2) is 30.1 Å². The van der Waals surface area contributed by atoms with Gasteiger partial charge in [0.05, 0.1) is 21.7 Å². The number of hydrogen-bond donors (Lipinski definition) is 0. The third-order valence-corrected chi connectivity index (χ3v) is 6.93. The van der Waals surface area contributed by atoms with Crippen molar-refractivity contribution in [1.82, 2.24) is 14.6 Å². The number of aromatic nitrogens is 2. The first kappa shape index (κ1) is 16.9. The van der Waals surface area contributed by atoms with E-state index in [4.69, 9.17) is 9.05 Å².